The Balaban J connectivity index is 2.16. The van der Waals surface area contributed by atoms with Crippen LogP contribution in [0.25, 0.3) is 0 Å². The Hall–Kier alpha value is -0.900. The van der Waals surface area contributed by atoms with Crippen molar-refractivity contribution in [1.29, 1.82) is 0 Å². The predicted octanol–water partition coefficient (Wildman–Crippen LogP) is 0.460. The Labute approximate surface area is 65.8 Å². The van der Waals surface area contributed by atoms with Gasteiger partial charge in [-0.05, 0) is 13.8 Å². The second-order valence-electron chi connectivity index (χ2n) is 3.16. The molecule has 1 aromatic rings. The van der Waals surface area contributed by atoms with E-state index in [0.717, 1.165) is 19.0 Å². The lowest BCUT2D eigenvalue weighted by Gasteiger charge is -2.17. The van der Waals surface area contributed by atoms with Crippen LogP contribution in [-0.4, -0.2) is 25.7 Å². The first-order valence-electron chi connectivity index (χ1n) is 3.88. The lowest BCUT2D eigenvalue weighted by molar-refractivity contribution is 0.197. The highest BCUT2D eigenvalue weighted by Gasteiger charge is 2.21. The number of hydrogen-bond donors (Lipinski definition) is 0. The van der Waals surface area contributed by atoms with E-state index < -0.39 is 0 Å². The van der Waals surface area contributed by atoms with Crippen LogP contribution in [0.5, 0.6) is 0 Å². The van der Waals surface area contributed by atoms with E-state index in [1.165, 1.54) is 0 Å². The lowest BCUT2D eigenvalue weighted by Crippen LogP contribution is -2.26. The fourth-order valence-electron chi connectivity index (χ4n) is 1.28. The second-order valence-corrected chi connectivity index (χ2v) is 3.16. The summed E-state index contributed by atoms with van der Waals surface area (Å²) in [6, 6.07) is 0.582. The normalized spacial score (nSPS) is 17.7. The third-order valence-electron chi connectivity index (χ3n) is 2.09. The molecule has 11 heavy (non-hydrogen) atoms. The van der Waals surface area contributed by atoms with Gasteiger partial charge in [0.15, 0.2) is 0 Å². The summed E-state index contributed by atoms with van der Waals surface area (Å²) < 4.78 is 1.94. The Morgan fingerprint density at radius 3 is 3.00 bits per heavy atom. The first kappa shape index (κ1) is 6.79. The van der Waals surface area contributed by atoms with Crippen LogP contribution in [0.3, 0.4) is 0 Å². The summed E-state index contributed by atoms with van der Waals surface area (Å²) in [5.74, 6) is 1.08. The van der Waals surface area contributed by atoms with Gasteiger partial charge in [0, 0.05) is 6.04 Å². The minimum Gasteiger partial charge on any atom is -0.274 e. The van der Waals surface area contributed by atoms with E-state index in [1.54, 1.807) is 6.33 Å². The molecule has 0 radical (unpaired) electrons. The molecule has 4 heteroatoms. The number of fused-ring (bicyclic) bond motifs is 1. The Bertz CT molecular complexity index is 232. The zero-order valence-electron chi connectivity index (χ0n) is 6.86. The van der Waals surface area contributed by atoms with Gasteiger partial charge in [0.2, 0.25) is 0 Å². The van der Waals surface area contributed by atoms with Crippen LogP contribution in [0.2, 0.25) is 0 Å². The van der Waals surface area contributed by atoms with Gasteiger partial charge in [-0.1, -0.05) is 0 Å². The second kappa shape index (κ2) is 2.30. The zero-order valence-corrected chi connectivity index (χ0v) is 6.86. The van der Waals surface area contributed by atoms with Crippen molar-refractivity contribution in [2.24, 2.45) is 0 Å². The van der Waals surface area contributed by atoms with Crippen LogP contribution in [0, 0.1) is 0 Å². The molecule has 4 nitrogen and oxygen atoms in total. The maximum Gasteiger partial charge on any atom is 0.142 e. The molecule has 0 fully saturated rings. The van der Waals surface area contributed by atoms with Gasteiger partial charge in [-0.15, -0.1) is 0 Å². The highest BCUT2D eigenvalue weighted by molar-refractivity contribution is 4.89. The molecule has 1 aromatic heterocycles. The number of nitrogens with zero attached hydrogens (tertiary/aromatic N) is 4. The van der Waals surface area contributed by atoms with Crippen LogP contribution in [0.4, 0.5) is 0 Å². The van der Waals surface area contributed by atoms with Gasteiger partial charge in [-0.3, -0.25) is 4.90 Å². The minimum atomic E-state index is 0.582. The van der Waals surface area contributed by atoms with E-state index in [2.05, 4.69) is 28.8 Å². The summed E-state index contributed by atoms with van der Waals surface area (Å²) >= 11 is 0. The Kier molecular flexibility index (Phi) is 1.42. The molecule has 0 amide bonds. The molecule has 0 bridgehead atoms. The summed E-state index contributed by atoms with van der Waals surface area (Å²) in [5, 5.41) is 4.09. The van der Waals surface area contributed by atoms with E-state index in [4.69, 9.17) is 0 Å². The van der Waals surface area contributed by atoms with E-state index in [-0.39, 0.29) is 0 Å². The van der Waals surface area contributed by atoms with Crippen molar-refractivity contribution in [3.8, 4) is 0 Å². The van der Waals surface area contributed by atoms with Crippen molar-refractivity contribution in [1.82, 2.24) is 19.7 Å². The monoisotopic (exact) mass is 152 g/mol. The molecular formula is C7H12N4. The summed E-state index contributed by atoms with van der Waals surface area (Å²) in [6.45, 7) is 6.21. The zero-order chi connectivity index (χ0) is 7.84. The molecule has 0 N–H and O–H groups in total. The van der Waals surface area contributed by atoms with E-state index >= 15 is 0 Å². The van der Waals surface area contributed by atoms with E-state index in [1.807, 2.05) is 4.68 Å². The summed E-state index contributed by atoms with van der Waals surface area (Å²) in [6.07, 6.45) is 1.62. The molecular weight excluding hydrogens is 140 g/mol. The van der Waals surface area contributed by atoms with Crippen LogP contribution >= 0.6 is 0 Å². The van der Waals surface area contributed by atoms with E-state index in [0.29, 0.717) is 6.04 Å². The fraction of sp³-hybridized carbons (Fsp3) is 0.714. The molecule has 0 saturated carbocycles. The molecule has 60 valence electrons. The first-order valence-corrected chi connectivity index (χ1v) is 3.88. The molecule has 0 saturated heterocycles. The third kappa shape index (κ3) is 1.03. The molecule has 2 rings (SSSR count). The lowest BCUT2D eigenvalue weighted by atomic mass is 10.3. The summed E-state index contributed by atoms with van der Waals surface area (Å²) in [5.41, 5.74) is 0. The molecule has 0 aliphatic carbocycles. The smallest absolute Gasteiger partial charge is 0.142 e. The predicted molar refractivity (Wildman–Crippen MR) is 40.7 cm³/mol. The van der Waals surface area contributed by atoms with Crippen molar-refractivity contribution in [2.45, 2.75) is 33.1 Å². The molecule has 0 aromatic carbocycles. The molecule has 0 spiro atoms. The Morgan fingerprint density at radius 1 is 1.55 bits per heavy atom. The van der Waals surface area contributed by atoms with Gasteiger partial charge in [0.05, 0.1) is 13.2 Å². The average molecular weight is 152 g/mol. The Morgan fingerprint density at radius 2 is 2.36 bits per heavy atom. The topological polar surface area (TPSA) is 34.0 Å². The van der Waals surface area contributed by atoms with Crippen molar-refractivity contribution in [3.05, 3.63) is 12.2 Å². The molecule has 0 unspecified atom stereocenters. The van der Waals surface area contributed by atoms with Gasteiger partial charge in [-0.2, -0.15) is 5.10 Å². The van der Waals surface area contributed by atoms with Gasteiger partial charge in [0.1, 0.15) is 12.2 Å². The van der Waals surface area contributed by atoms with Gasteiger partial charge < -0.3 is 0 Å². The molecule has 2 heterocycles. The summed E-state index contributed by atoms with van der Waals surface area (Å²) in [4.78, 5) is 6.47. The largest absolute Gasteiger partial charge is 0.274 e. The molecule has 1 aliphatic heterocycles. The van der Waals surface area contributed by atoms with Crippen molar-refractivity contribution in [3.63, 3.8) is 0 Å². The number of rotatable bonds is 1. The van der Waals surface area contributed by atoms with Crippen LogP contribution in [-0.2, 0) is 13.2 Å². The van der Waals surface area contributed by atoms with Gasteiger partial charge >= 0.3 is 0 Å². The van der Waals surface area contributed by atoms with Crippen molar-refractivity contribution < 1.29 is 0 Å². The van der Waals surface area contributed by atoms with Crippen LogP contribution in [0.1, 0.15) is 19.7 Å². The third-order valence-corrected chi connectivity index (χ3v) is 2.09. The molecule has 1 aliphatic rings. The van der Waals surface area contributed by atoms with E-state index in [9.17, 15) is 0 Å². The maximum absolute atomic E-state index is 4.14. The molecule has 0 atom stereocenters. The standard InChI is InChI=1S/C7H12N4/c1-6(2)10-3-7-8-4-9-11(7)5-10/h4,6H,3,5H2,1-2H3. The van der Waals surface area contributed by atoms with Crippen molar-refractivity contribution >= 4 is 0 Å². The van der Waals surface area contributed by atoms with Gasteiger partial charge in [-0.25, -0.2) is 9.67 Å². The van der Waals surface area contributed by atoms with Gasteiger partial charge in [0.25, 0.3) is 0 Å². The highest BCUT2D eigenvalue weighted by Crippen LogP contribution is 2.13. The van der Waals surface area contributed by atoms with Crippen LogP contribution in [0.15, 0.2) is 6.33 Å². The number of aromatic nitrogens is 3. The highest BCUT2D eigenvalue weighted by atomic mass is 15.5. The summed E-state index contributed by atoms with van der Waals surface area (Å²) in [7, 11) is 0. The van der Waals surface area contributed by atoms with Crippen LogP contribution < -0.4 is 0 Å². The average Bonchev–Trinajstić information content (AvgIpc) is 2.40. The minimum absolute atomic E-state index is 0.582. The quantitative estimate of drug-likeness (QED) is 0.586. The fourth-order valence-corrected chi connectivity index (χ4v) is 1.28. The van der Waals surface area contributed by atoms with Crippen molar-refractivity contribution in [2.75, 3.05) is 0 Å². The number of hydrogen-bond acceptors (Lipinski definition) is 3. The maximum atomic E-state index is 4.14. The first-order chi connectivity index (χ1) is 5.27. The SMILES string of the molecule is CC(C)N1Cc2ncnn2C1.